The maximum Gasteiger partial charge on any atom is 0.433 e. The number of halogens is 3. The lowest BCUT2D eigenvalue weighted by Gasteiger charge is -2.10. The van der Waals surface area contributed by atoms with E-state index in [-0.39, 0.29) is 5.65 Å². The van der Waals surface area contributed by atoms with Crippen LogP contribution in [0.25, 0.3) is 16.8 Å². The number of hydrogen-bond donors (Lipinski definition) is 0. The number of aryl methyl sites for hydroxylation is 2. The summed E-state index contributed by atoms with van der Waals surface area (Å²) in [7, 11) is 1.56. The molecule has 0 saturated carbocycles. The summed E-state index contributed by atoms with van der Waals surface area (Å²) in [6, 6.07) is 8.13. The molecule has 0 N–H and O–H groups in total. The van der Waals surface area contributed by atoms with Crippen molar-refractivity contribution in [2.75, 3.05) is 7.11 Å². The van der Waals surface area contributed by atoms with Gasteiger partial charge >= 0.3 is 6.18 Å². The summed E-state index contributed by atoms with van der Waals surface area (Å²) in [5.74, 6) is 0.674. The summed E-state index contributed by atoms with van der Waals surface area (Å²) in [4.78, 5) is 4.31. The van der Waals surface area contributed by atoms with Gasteiger partial charge in [0.1, 0.15) is 11.4 Å². The van der Waals surface area contributed by atoms with Crippen LogP contribution in [0.2, 0.25) is 0 Å². The third-order valence-electron chi connectivity index (χ3n) is 3.79. The highest BCUT2D eigenvalue weighted by Crippen LogP contribution is 2.34. The van der Waals surface area contributed by atoms with Crippen molar-refractivity contribution in [2.45, 2.75) is 26.4 Å². The second kappa shape index (κ2) is 5.81. The Kier molecular flexibility index (Phi) is 3.95. The first kappa shape index (κ1) is 16.3. The topological polar surface area (TPSA) is 39.4 Å². The van der Waals surface area contributed by atoms with Crippen molar-refractivity contribution in [3.8, 4) is 16.9 Å². The fraction of sp³-hybridized carbons (Fsp3) is 0.294. The SMILES string of the molecule is CCc1nn2c(C(F)(F)F)cc(C)nc2c1-c1ccc(OC)cc1. The van der Waals surface area contributed by atoms with E-state index in [4.69, 9.17) is 4.74 Å². The molecule has 0 bridgehead atoms. The first-order valence-electron chi connectivity index (χ1n) is 7.46. The molecule has 0 fully saturated rings. The lowest BCUT2D eigenvalue weighted by atomic mass is 10.0. The van der Waals surface area contributed by atoms with Crippen LogP contribution in [0.3, 0.4) is 0 Å². The molecule has 24 heavy (non-hydrogen) atoms. The Balaban J connectivity index is 2.32. The van der Waals surface area contributed by atoms with Gasteiger partial charge in [-0.1, -0.05) is 19.1 Å². The lowest BCUT2D eigenvalue weighted by molar-refractivity contribution is -0.142. The van der Waals surface area contributed by atoms with Crippen LogP contribution in [0.15, 0.2) is 30.3 Å². The Morgan fingerprint density at radius 2 is 1.83 bits per heavy atom. The van der Waals surface area contributed by atoms with E-state index in [2.05, 4.69) is 10.1 Å². The Morgan fingerprint density at radius 1 is 1.17 bits per heavy atom. The molecular weight excluding hydrogens is 319 g/mol. The maximum absolute atomic E-state index is 13.3. The monoisotopic (exact) mass is 335 g/mol. The molecule has 0 spiro atoms. The summed E-state index contributed by atoms with van der Waals surface area (Å²) in [6.07, 6.45) is -4.00. The van der Waals surface area contributed by atoms with Crippen molar-refractivity contribution >= 4 is 5.65 Å². The Hall–Kier alpha value is -2.57. The zero-order valence-corrected chi connectivity index (χ0v) is 13.5. The number of methoxy groups -OCH3 is 1. The number of nitrogens with zero attached hydrogens (tertiary/aromatic N) is 3. The van der Waals surface area contributed by atoms with Gasteiger partial charge < -0.3 is 4.74 Å². The number of hydrogen-bond acceptors (Lipinski definition) is 3. The van der Waals surface area contributed by atoms with Crippen molar-refractivity contribution in [2.24, 2.45) is 0 Å². The summed E-state index contributed by atoms with van der Waals surface area (Å²) < 4.78 is 46.0. The quantitative estimate of drug-likeness (QED) is 0.717. The Labute approximate surface area is 136 Å². The van der Waals surface area contributed by atoms with Gasteiger partial charge in [-0.2, -0.15) is 18.3 Å². The maximum atomic E-state index is 13.3. The number of fused-ring (bicyclic) bond motifs is 1. The molecule has 0 aliphatic heterocycles. The van der Waals surface area contributed by atoms with E-state index in [0.717, 1.165) is 16.1 Å². The van der Waals surface area contributed by atoms with Crippen molar-refractivity contribution in [1.82, 2.24) is 14.6 Å². The predicted molar refractivity (Wildman–Crippen MR) is 84.1 cm³/mol. The molecule has 4 nitrogen and oxygen atoms in total. The number of alkyl halides is 3. The standard InChI is InChI=1S/C17H16F3N3O/c1-4-13-15(11-5-7-12(24-3)8-6-11)16-21-10(2)9-14(17(18,19)20)23(16)22-13/h5-9H,4H2,1-3H3. The van der Waals surface area contributed by atoms with Crippen LogP contribution in [0.5, 0.6) is 5.75 Å². The van der Waals surface area contributed by atoms with Gasteiger partial charge in [-0.3, -0.25) is 0 Å². The van der Waals surface area contributed by atoms with Gasteiger partial charge in [-0.25, -0.2) is 9.50 Å². The third kappa shape index (κ3) is 2.70. The molecular formula is C17H16F3N3O. The molecule has 2 aromatic heterocycles. The van der Waals surface area contributed by atoms with Crippen LogP contribution in [0.4, 0.5) is 13.2 Å². The average Bonchev–Trinajstić information content (AvgIpc) is 2.91. The van der Waals surface area contributed by atoms with Crippen LogP contribution in [-0.4, -0.2) is 21.7 Å². The third-order valence-corrected chi connectivity index (χ3v) is 3.79. The molecule has 3 rings (SSSR count). The molecule has 0 atom stereocenters. The van der Waals surface area contributed by atoms with Crippen molar-refractivity contribution in [3.05, 3.63) is 47.4 Å². The molecule has 0 amide bonds. The minimum absolute atomic E-state index is 0.212. The lowest BCUT2D eigenvalue weighted by Crippen LogP contribution is -2.14. The highest BCUT2D eigenvalue weighted by atomic mass is 19.4. The van der Waals surface area contributed by atoms with E-state index in [1.54, 1.807) is 38.3 Å². The van der Waals surface area contributed by atoms with Gasteiger partial charge in [0.15, 0.2) is 5.65 Å². The van der Waals surface area contributed by atoms with E-state index < -0.39 is 11.9 Å². The fourth-order valence-corrected chi connectivity index (χ4v) is 2.69. The normalized spacial score (nSPS) is 11.9. The summed E-state index contributed by atoms with van der Waals surface area (Å²) in [5.41, 5.74) is 1.64. The van der Waals surface area contributed by atoms with Gasteiger partial charge in [-0.05, 0) is 37.1 Å². The minimum atomic E-state index is -4.50. The second-order valence-electron chi connectivity index (χ2n) is 5.42. The Bertz CT molecular complexity index is 883. The van der Waals surface area contributed by atoms with E-state index >= 15 is 0 Å². The minimum Gasteiger partial charge on any atom is -0.497 e. The van der Waals surface area contributed by atoms with Crippen LogP contribution in [0, 0.1) is 6.92 Å². The first-order valence-corrected chi connectivity index (χ1v) is 7.46. The summed E-state index contributed by atoms with van der Waals surface area (Å²) in [6.45, 7) is 3.40. The largest absolute Gasteiger partial charge is 0.497 e. The number of benzene rings is 1. The molecule has 1 aromatic carbocycles. The zero-order valence-electron chi connectivity index (χ0n) is 13.5. The molecule has 126 valence electrons. The second-order valence-corrected chi connectivity index (χ2v) is 5.42. The van der Waals surface area contributed by atoms with Gasteiger partial charge in [-0.15, -0.1) is 0 Å². The van der Waals surface area contributed by atoms with Gasteiger partial charge in [0.05, 0.1) is 12.8 Å². The van der Waals surface area contributed by atoms with E-state index in [9.17, 15) is 13.2 Å². The zero-order chi connectivity index (χ0) is 17.5. The average molecular weight is 335 g/mol. The van der Waals surface area contributed by atoms with Crippen molar-refractivity contribution < 1.29 is 17.9 Å². The van der Waals surface area contributed by atoms with Crippen LogP contribution in [0.1, 0.15) is 24.0 Å². The van der Waals surface area contributed by atoms with Crippen LogP contribution < -0.4 is 4.74 Å². The fourth-order valence-electron chi connectivity index (χ4n) is 2.69. The molecule has 0 saturated heterocycles. The summed E-state index contributed by atoms with van der Waals surface area (Å²) in [5, 5.41) is 4.16. The molecule has 0 radical (unpaired) electrons. The van der Waals surface area contributed by atoms with Crippen molar-refractivity contribution in [3.63, 3.8) is 0 Å². The molecule has 7 heteroatoms. The highest BCUT2D eigenvalue weighted by molar-refractivity contribution is 5.80. The highest BCUT2D eigenvalue weighted by Gasteiger charge is 2.35. The molecule has 3 aromatic rings. The van der Waals surface area contributed by atoms with Gasteiger partial charge in [0.2, 0.25) is 0 Å². The van der Waals surface area contributed by atoms with Crippen molar-refractivity contribution in [1.29, 1.82) is 0 Å². The van der Waals surface area contributed by atoms with E-state index in [0.29, 0.717) is 29.1 Å². The van der Waals surface area contributed by atoms with Crippen LogP contribution >= 0.6 is 0 Å². The Morgan fingerprint density at radius 3 is 2.38 bits per heavy atom. The van der Waals surface area contributed by atoms with Gasteiger partial charge in [0, 0.05) is 11.3 Å². The molecule has 0 unspecified atom stereocenters. The number of ether oxygens (including phenoxy) is 1. The van der Waals surface area contributed by atoms with E-state index in [1.807, 2.05) is 6.92 Å². The molecule has 2 heterocycles. The number of rotatable bonds is 3. The molecule has 0 aliphatic rings. The predicted octanol–water partition coefficient (Wildman–Crippen LogP) is 4.29. The van der Waals surface area contributed by atoms with Gasteiger partial charge in [0.25, 0.3) is 0 Å². The van der Waals surface area contributed by atoms with Crippen LogP contribution in [-0.2, 0) is 12.6 Å². The molecule has 0 aliphatic carbocycles. The van der Waals surface area contributed by atoms with E-state index in [1.165, 1.54) is 0 Å². The first-order chi connectivity index (χ1) is 11.3. The smallest absolute Gasteiger partial charge is 0.433 e. The summed E-state index contributed by atoms with van der Waals surface area (Å²) >= 11 is 0. The number of aromatic nitrogens is 3.